The summed E-state index contributed by atoms with van der Waals surface area (Å²) in [6.07, 6.45) is 0.600. The number of nitrogens with zero attached hydrogens (tertiary/aromatic N) is 3. The third kappa shape index (κ3) is 4.62. The zero-order valence-corrected chi connectivity index (χ0v) is 19.6. The van der Waals surface area contributed by atoms with Crippen LogP contribution in [-0.4, -0.2) is 27.3 Å². The lowest BCUT2D eigenvalue weighted by Crippen LogP contribution is -2.14. The first kappa shape index (κ1) is 23.4. The molecule has 2 aromatic heterocycles. The predicted molar refractivity (Wildman–Crippen MR) is 128 cm³/mol. The highest BCUT2D eigenvalue weighted by molar-refractivity contribution is 5.92. The molecular formula is C26H26F2N4O2. The standard InChI is InChI=1S/C26H26F2N4O2/c1-5-34-26-21(10-12-23(33)29-22-11-9-19(28)13-15(22)2)16(3)24-17(4)31-32(25(24)30-26)20-8-6-7-18(27)14-20/h6-9,11,13-14H,5,10,12H2,1-4H3,(H,29,33). The van der Waals surface area contributed by atoms with Gasteiger partial charge in [-0.1, -0.05) is 6.07 Å². The van der Waals surface area contributed by atoms with Crippen LogP contribution in [0.15, 0.2) is 42.5 Å². The van der Waals surface area contributed by atoms with Gasteiger partial charge < -0.3 is 10.1 Å². The molecule has 0 atom stereocenters. The number of aryl methyl sites for hydroxylation is 3. The predicted octanol–water partition coefficient (Wildman–Crippen LogP) is 5.59. The Labute approximate surface area is 196 Å². The summed E-state index contributed by atoms with van der Waals surface area (Å²) in [6, 6.07) is 10.4. The molecule has 1 N–H and O–H groups in total. The Morgan fingerprint density at radius 2 is 1.85 bits per heavy atom. The van der Waals surface area contributed by atoms with Crippen LogP contribution in [-0.2, 0) is 11.2 Å². The molecule has 1 amide bonds. The Balaban J connectivity index is 1.67. The fraction of sp³-hybridized carbons (Fsp3) is 0.269. The average molecular weight is 465 g/mol. The molecule has 0 spiro atoms. The Bertz CT molecular complexity index is 1380. The summed E-state index contributed by atoms with van der Waals surface area (Å²) in [4.78, 5) is 17.4. The van der Waals surface area contributed by atoms with Crippen LogP contribution in [0, 0.1) is 32.4 Å². The number of anilines is 1. The fourth-order valence-electron chi connectivity index (χ4n) is 4.09. The SMILES string of the molecule is CCOc1nc2c(c(C)nn2-c2cccc(F)c2)c(C)c1CCC(=O)Nc1ccc(F)cc1C. The number of hydrogen-bond donors (Lipinski definition) is 1. The molecule has 8 heteroatoms. The van der Waals surface area contributed by atoms with Crippen molar-refractivity contribution >= 4 is 22.6 Å². The van der Waals surface area contributed by atoms with Crippen molar-refractivity contribution < 1.29 is 18.3 Å². The zero-order chi connectivity index (χ0) is 24.4. The molecule has 0 aliphatic carbocycles. The van der Waals surface area contributed by atoms with Gasteiger partial charge in [0.2, 0.25) is 11.8 Å². The van der Waals surface area contributed by atoms with E-state index in [0.717, 1.165) is 22.2 Å². The number of amides is 1. The highest BCUT2D eigenvalue weighted by Gasteiger charge is 2.21. The maximum absolute atomic E-state index is 13.8. The van der Waals surface area contributed by atoms with Gasteiger partial charge in [0.15, 0.2) is 5.65 Å². The molecule has 0 bridgehead atoms. The van der Waals surface area contributed by atoms with Gasteiger partial charge in [0, 0.05) is 23.1 Å². The first-order valence-electron chi connectivity index (χ1n) is 11.1. The molecule has 0 saturated carbocycles. The van der Waals surface area contributed by atoms with Crippen molar-refractivity contribution in [3.8, 4) is 11.6 Å². The number of ether oxygens (including phenoxy) is 1. The summed E-state index contributed by atoms with van der Waals surface area (Å²) in [6.45, 7) is 7.84. The lowest BCUT2D eigenvalue weighted by atomic mass is 10.0. The minimum Gasteiger partial charge on any atom is -0.478 e. The van der Waals surface area contributed by atoms with E-state index >= 15 is 0 Å². The summed E-state index contributed by atoms with van der Waals surface area (Å²) in [5, 5.41) is 8.28. The molecule has 0 fully saturated rings. The number of rotatable bonds is 7. The number of pyridine rings is 1. The molecule has 176 valence electrons. The molecule has 4 rings (SSSR count). The van der Waals surface area contributed by atoms with Crippen LogP contribution in [0.5, 0.6) is 5.88 Å². The number of nitrogens with one attached hydrogen (secondary N) is 1. The molecule has 0 unspecified atom stereocenters. The van der Waals surface area contributed by atoms with E-state index in [9.17, 15) is 13.6 Å². The summed E-state index contributed by atoms with van der Waals surface area (Å²) >= 11 is 0. The van der Waals surface area contributed by atoms with Crippen molar-refractivity contribution in [2.24, 2.45) is 0 Å². The van der Waals surface area contributed by atoms with Crippen LogP contribution in [0.4, 0.5) is 14.5 Å². The van der Waals surface area contributed by atoms with E-state index in [0.29, 0.717) is 41.5 Å². The van der Waals surface area contributed by atoms with Crippen LogP contribution in [0.2, 0.25) is 0 Å². The Morgan fingerprint density at radius 1 is 1.09 bits per heavy atom. The van der Waals surface area contributed by atoms with Gasteiger partial charge in [0.05, 0.1) is 18.0 Å². The average Bonchev–Trinajstić information content (AvgIpc) is 3.12. The van der Waals surface area contributed by atoms with Gasteiger partial charge >= 0.3 is 0 Å². The maximum atomic E-state index is 13.8. The maximum Gasteiger partial charge on any atom is 0.224 e. The second kappa shape index (κ2) is 9.59. The van der Waals surface area contributed by atoms with Crippen LogP contribution < -0.4 is 10.1 Å². The van der Waals surface area contributed by atoms with E-state index < -0.39 is 0 Å². The first-order valence-corrected chi connectivity index (χ1v) is 11.1. The minimum absolute atomic E-state index is 0.191. The third-order valence-electron chi connectivity index (χ3n) is 5.73. The number of aromatic nitrogens is 3. The smallest absolute Gasteiger partial charge is 0.224 e. The number of fused-ring (bicyclic) bond motifs is 1. The summed E-state index contributed by atoms with van der Waals surface area (Å²) < 4.78 is 34.6. The molecule has 4 aromatic rings. The van der Waals surface area contributed by atoms with Gasteiger partial charge in [-0.15, -0.1) is 0 Å². The Kier molecular flexibility index (Phi) is 6.58. The normalized spacial score (nSPS) is 11.1. The number of hydrogen-bond acceptors (Lipinski definition) is 4. The molecule has 0 aliphatic rings. The monoisotopic (exact) mass is 464 g/mol. The number of halogens is 2. The second-order valence-electron chi connectivity index (χ2n) is 8.14. The van der Waals surface area contributed by atoms with Crippen molar-refractivity contribution in [1.82, 2.24) is 14.8 Å². The molecule has 0 aliphatic heterocycles. The van der Waals surface area contributed by atoms with Crippen LogP contribution in [0.1, 0.15) is 35.7 Å². The Morgan fingerprint density at radius 3 is 2.56 bits per heavy atom. The fourth-order valence-corrected chi connectivity index (χ4v) is 4.09. The minimum atomic E-state index is -0.361. The molecule has 2 heterocycles. The third-order valence-corrected chi connectivity index (χ3v) is 5.73. The van der Waals surface area contributed by atoms with Crippen molar-refractivity contribution in [2.45, 2.75) is 40.5 Å². The van der Waals surface area contributed by atoms with Crippen LogP contribution in [0.25, 0.3) is 16.7 Å². The molecule has 2 aromatic carbocycles. The molecule has 34 heavy (non-hydrogen) atoms. The lowest BCUT2D eigenvalue weighted by molar-refractivity contribution is -0.116. The zero-order valence-electron chi connectivity index (χ0n) is 19.6. The van der Waals surface area contributed by atoms with Crippen LogP contribution in [0.3, 0.4) is 0 Å². The van der Waals surface area contributed by atoms with Crippen molar-refractivity contribution in [3.05, 3.63) is 76.5 Å². The van der Waals surface area contributed by atoms with Gasteiger partial charge in [-0.05, 0) is 81.6 Å². The summed E-state index contributed by atoms with van der Waals surface area (Å²) in [5.41, 5.74) is 4.85. The van der Waals surface area contributed by atoms with Crippen molar-refractivity contribution in [1.29, 1.82) is 0 Å². The van der Waals surface area contributed by atoms with E-state index in [1.165, 1.54) is 24.3 Å². The number of carbonyl (C=O) groups excluding carboxylic acids is 1. The second-order valence-corrected chi connectivity index (χ2v) is 8.14. The molecule has 0 radical (unpaired) electrons. The molecular weight excluding hydrogens is 438 g/mol. The van der Waals surface area contributed by atoms with Crippen molar-refractivity contribution in [3.63, 3.8) is 0 Å². The van der Waals surface area contributed by atoms with Crippen LogP contribution >= 0.6 is 0 Å². The first-order chi connectivity index (χ1) is 16.3. The largest absolute Gasteiger partial charge is 0.478 e. The van der Waals surface area contributed by atoms with E-state index in [-0.39, 0.29) is 24.0 Å². The number of carbonyl (C=O) groups is 1. The summed E-state index contributed by atoms with van der Waals surface area (Å²) in [7, 11) is 0. The lowest BCUT2D eigenvalue weighted by Gasteiger charge is -2.14. The molecule has 0 saturated heterocycles. The van der Waals surface area contributed by atoms with E-state index in [4.69, 9.17) is 9.72 Å². The highest BCUT2D eigenvalue weighted by atomic mass is 19.1. The van der Waals surface area contributed by atoms with Gasteiger partial charge in [0.25, 0.3) is 0 Å². The van der Waals surface area contributed by atoms with Crippen molar-refractivity contribution in [2.75, 3.05) is 11.9 Å². The number of benzene rings is 2. The van der Waals surface area contributed by atoms with Gasteiger partial charge in [-0.3, -0.25) is 4.79 Å². The van der Waals surface area contributed by atoms with E-state index in [1.54, 1.807) is 29.8 Å². The Hall–Kier alpha value is -3.81. The van der Waals surface area contributed by atoms with E-state index in [1.807, 2.05) is 20.8 Å². The summed E-state index contributed by atoms with van der Waals surface area (Å²) in [5.74, 6) is -0.472. The topological polar surface area (TPSA) is 69.0 Å². The van der Waals surface area contributed by atoms with Gasteiger partial charge in [-0.2, -0.15) is 10.1 Å². The quantitative estimate of drug-likeness (QED) is 0.387. The highest BCUT2D eigenvalue weighted by Crippen LogP contribution is 2.32. The van der Waals surface area contributed by atoms with Gasteiger partial charge in [-0.25, -0.2) is 13.5 Å². The molecule has 6 nitrogen and oxygen atoms in total. The van der Waals surface area contributed by atoms with Gasteiger partial charge in [0.1, 0.15) is 11.6 Å². The van der Waals surface area contributed by atoms with E-state index in [2.05, 4.69) is 10.4 Å².